The van der Waals surface area contributed by atoms with Gasteiger partial charge in [-0.3, -0.25) is 15.1 Å². The van der Waals surface area contributed by atoms with Gasteiger partial charge in [-0.05, 0) is 36.4 Å². The first-order valence-corrected chi connectivity index (χ1v) is 9.93. The monoisotopic (exact) mass is 413 g/mol. The van der Waals surface area contributed by atoms with Crippen molar-refractivity contribution in [3.05, 3.63) is 66.3 Å². The van der Waals surface area contributed by atoms with Crippen molar-refractivity contribution in [1.82, 2.24) is 35.1 Å². The number of halogens is 1. The number of aromatic nitrogens is 7. The Kier molecular flexibility index (Phi) is 3.68. The van der Waals surface area contributed by atoms with Gasteiger partial charge in [0.1, 0.15) is 11.0 Å². The molecule has 7 nitrogen and oxygen atoms in total. The Bertz CT molecular complexity index is 1520. The van der Waals surface area contributed by atoms with Crippen LogP contribution < -0.4 is 0 Å². The van der Waals surface area contributed by atoms with E-state index < -0.39 is 0 Å². The molecular formula is C21H12FN7S. The summed E-state index contributed by atoms with van der Waals surface area (Å²) in [5, 5.41) is 7.20. The lowest BCUT2D eigenvalue weighted by Crippen LogP contribution is -1.87. The molecule has 0 saturated heterocycles. The van der Waals surface area contributed by atoms with E-state index in [-0.39, 0.29) is 5.13 Å². The summed E-state index contributed by atoms with van der Waals surface area (Å²) in [6, 6.07) is 10.9. The predicted octanol–water partition coefficient (Wildman–Crippen LogP) is 4.83. The fraction of sp³-hybridized carbons (Fsp3) is 0. The maximum absolute atomic E-state index is 13.5. The van der Waals surface area contributed by atoms with Gasteiger partial charge in [-0.1, -0.05) is 0 Å². The maximum Gasteiger partial charge on any atom is 0.176 e. The molecule has 144 valence electrons. The lowest BCUT2D eigenvalue weighted by atomic mass is 10.1. The van der Waals surface area contributed by atoms with Gasteiger partial charge in [0.05, 0.1) is 22.9 Å². The van der Waals surface area contributed by atoms with E-state index in [9.17, 15) is 4.39 Å². The summed E-state index contributed by atoms with van der Waals surface area (Å²) in [6.45, 7) is 0. The van der Waals surface area contributed by atoms with Gasteiger partial charge in [-0.2, -0.15) is 9.49 Å². The molecule has 6 rings (SSSR count). The second-order valence-corrected chi connectivity index (χ2v) is 7.71. The molecule has 0 spiro atoms. The molecule has 0 fully saturated rings. The largest absolute Gasteiger partial charge is 0.335 e. The topological polar surface area (TPSA) is 96.0 Å². The summed E-state index contributed by atoms with van der Waals surface area (Å²) in [7, 11) is 0. The average molecular weight is 413 g/mol. The Labute approximate surface area is 172 Å². The molecule has 0 aliphatic rings. The van der Waals surface area contributed by atoms with Crippen molar-refractivity contribution in [2.45, 2.75) is 0 Å². The zero-order chi connectivity index (χ0) is 20.1. The molecule has 6 aromatic rings. The van der Waals surface area contributed by atoms with Crippen LogP contribution in [0.3, 0.4) is 0 Å². The fourth-order valence-electron chi connectivity index (χ4n) is 3.43. The summed E-state index contributed by atoms with van der Waals surface area (Å²) in [6.07, 6.45) is 6.86. The minimum Gasteiger partial charge on any atom is -0.335 e. The number of rotatable bonds is 3. The number of aromatic amines is 2. The third kappa shape index (κ3) is 2.67. The molecule has 0 saturated carbocycles. The van der Waals surface area contributed by atoms with Crippen molar-refractivity contribution in [1.29, 1.82) is 0 Å². The van der Waals surface area contributed by atoms with Crippen molar-refractivity contribution < 1.29 is 4.39 Å². The molecule has 0 amide bonds. The summed E-state index contributed by atoms with van der Waals surface area (Å²) >= 11 is 1.06. The maximum atomic E-state index is 13.5. The van der Waals surface area contributed by atoms with Crippen LogP contribution in [0.1, 0.15) is 0 Å². The summed E-state index contributed by atoms with van der Waals surface area (Å²) in [4.78, 5) is 21.9. The van der Waals surface area contributed by atoms with E-state index in [0.717, 1.165) is 44.1 Å². The summed E-state index contributed by atoms with van der Waals surface area (Å²) in [5.41, 5.74) is 6.15. The number of thiophene rings is 1. The fourth-order valence-corrected chi connectivity index (χ4v) is 4.17. The summed E-state index contributed by atoms with van der Waals surface area (Å²) < 4.78 is 13.5. The number of fused-ring (bicyclic) bond motifs is 2. The van der Waals surface area contributed by atoms with Crippen molar-refractivity contribution >= 4 is 33.4 Å². The zero-order valence-electron chi connectivity index (χ0n) is 15.3. The van der Waals surface area contributed by atoms with E-state index in [0.29, 0.717) is 22.6 Å². The van der Waals surface area contributed by atoms with Gasteiger partial charge in [0.2, 0.25) is 0 Å². The van der Waals surface area contributed by atoms with Crippen molar-refractivity contribution in [2.24, 2.45) is 0 Å². The molecule has 0 atom stereocenters. The van der Waals surface area contributed by atoms with Gasteiger partial charge in [-0.25, -0.2) is 9.97 Å². The van der Waals surface area contributed by atoms with Gasteiger partial charge in [0, 0.05) is 34.6 Å². The number of nitrogens with zero attached hydrogens (tertiary/aromatic N) is 5. The van der Waals surface area contributed by atoms with Crippen LogP contribution in [0.2, 0.25) is 0 Å². The number of hydrogen-bond acceptors (Lipinski definition) is 6. The van der Waals surface area contributed by atoms with Gasteiger partial charge in [0.15, 0.2) is 16.6 Å². The van der Waals surface area contributed by atoms with Gasteiger partial charge < -0.3 is 4.98 Å². The number of imidazole rings is 1. The van der Waals surface area contributed by atoms with Crippen LogP contribution in [0.4, 0.5) is 4.39 Å². The molecule has 30 heavy (non-hydrogen) atoms. The predicted molar refractivity (Wildman–Crippen MR) is 113 cm³/mol. The van der Waals surface area contributed by atoms with Gasteiger partial charge in [-0.15, -0.1) is 11.3 Å². The molecule has 9 heteroatoms. The third-order valence-corrected chi connectivity index (χ3v) is 5.75. The van der Waals surface area contributed by atoms with E-state index in [1.165, 1.54) is 6.07 Å². The Balaban J connectivity index is 1.52. The average Bonchev–Trinajstić information content (AvgIpc) is 3.51. The summed E-state index contributed by atoms with van der Waals surface area (Å²) in [5.74, 6) is 0.571. The van der Waals surface area contributed by atoms with E-state index >= 15 is 0 Å². The lowest BCUT2D eigenvalue weighted by molar-refractivity contribution is 0.657. The van der Waals surface area contributed by atoms with E-state index in [2.05, 4.69) is 25.1 Å². The first kappa shape index (κ1) is 16.9. The van der Waals surface area contributed by atoms with Crippen molar-refractivity contribution in [3.8, 4) is 33.2 Å². The van der Waals surface area contributed by atoms with Crippen LogP contribution in [-0.2, 0) is 0 Å². The van der Waals surface area contributed by atoms with E-state index in [4.69, 9.17) is 9.97 Å². The first-order valence-electron chi connectivity index (χ1n) is 9.11. The zero-order valence-corrected chi connectivity index (χ0v) is 16.1. The van der Waals surface area contributed by atoms with Crippen LogP contribution in [0.15, 0.2) is 61.2 Å². The molecule has 0 unspecified atom stereocenters. The van der Waals surface area contributed by atoms with E-state index in [1.54, 1.807) is 30.9 Å². The van der Waals surface area contributed by atoms with E-state index in [1.807, 2.05) is 24.3 Å². The van der Waals surface area contributed by atoms with Crippen LogP contribution in [0, 0.1) is 5.13 Å². The smallest absolute Gasteiger partial charge is 0.176 e. The highest BCUT2D eigenvalue weighted by atomic mass is 32.1. The second kappa shape index (κ2) is 6.53. The molecule has 0 bridgehead atoms. The highest BCUT2D eigenvalue weighted by Gasteiger charge is 2.17. The van der Waals surface area contributed by atoms with Crippen LogP contribution in [0.5, 0.6) is 0 Å². The lowest BCUT2D eigenvalue weighted by Gasteiger charge is -2.00. The molecule has 0 radical (unpaired) electrons. The minimum atomic E-state index is -0.246. The Morgan fingerprint density at radius 3 is 2.57 bits per heavy atom. The number of hydrogen-bond donors (Lipinski definition) is 2. The van der Waals surface area contributed by atoms with Crippen molar-refractivity contribution in [3.63, 3.8) is 0 Å². The molecule has 0 aromatic carbocycles. The van der Waals surface area contributed by atoms with Crippen LogP contribution >= 0.6 is 11.3 Å². The molecule has 0 aliphatic carbocycles. The number of pyridine rings is 3. The van der Waals surface area contributed by atoms with Crippen LogP contribution in [0.25, 0.3) is 55.3 Å². The normalized spacial score (nSPS) is 11.5. The second-order valence-electron chi connectivity index (χ2n) is 6.67. The number of nitrogens with one attached hydrogen (secondary N) is 2. The minimum absolute atomic E-state index is 0.246. The van der Waals surface area contributed by atoms with Gasteiger partial charge >= 0.3 is 0 Å². The Hall–Kier alpha value is -3.98. The first-order chi connectivity index (χ1) is 14.8. The standard InChI is InChI=1S/C21H12FN7S/c22-17-4-3-16(30-17)12-9-24-10-15-18(12)27-21(26-15)20-19-14(28-29-20)2-1-13(25-19)11-5-7-23-8-6-11/h1-10H,(H,26,27)(H,28,29). The van der Waals surface area contributed by atoms with Crippen LogP contribution in [-0.4, -0.2) is 35.1 Å². The molecular weight excluding hydrogens is 401 g/mol. The molecule has 6 aromatic heterocycles. The SMILES string of the molecule is Fc1ccc(-c2cncc3[nH]c(-c4n[nH]c5ccc(-c6ccncc6)nc45)nc23)s1. The van der Waals surface area contributed by atoms with Crippen molar-refractivity contribution in [2.75, 3.05) is 0 Å². The Morgan fingerprint density at radius 1 is 0.833 bits per heavy atom. The molecule has 2 N–H and O–H groups in total. The molecule has 0 aliphatic heterocycles. The van der Waals surface area contributed by atoms with Gasteiger partial charge in [0.25, 0.3) is 0 Å². The molecule has 6 heterocycles. The quantitative estimate of drug-likeness (QED) is 0.433. The Morgan fingerprint density at radius 2 is 1.73 bits per heavy atom. The third-order valence-electron chi connectivity index (χ3n) is 4.84. The highest BCUT2D eigenvalue weighted by Crippen LogP contribution is 2.33. The number of H-pyrrole nitrogens is 2. The highest BCUT2D eigenvalue weighted by molar-refractivity contribution is 7.14.